The monoisotopic (exact) mass is 253 g/mol. The Morgan fingerprint density at radius 3 is 2.65 bits per heavy atom. The lowest BCUT2D eigenvalue weighted by Gasteiger charge is -2.14. The lowest BCUT2D eigenvalue weighted by molar-refractivity contribution is 0.624. The summed E-state index contributed by atoms with van der Waals surface area (Å²) < 4.78 is 29.4. The zero-order valence-electron chi connectivity index (χ0n) is 10.3. The van der Waals surface area contributed by atoms with Crippen molar-refractivity contribution in [1.82, 2.24) is 0 Å². The van der Waals surface area contributed by atoms with Gasteiger partial charge < -0.3 is 0 Å². The molecule has 4 heteroatoms. The van der Waals surface area contributed by atoms with E-state index in [1.165, 1.54) is 6.07 Å². The lowest BCUT2D eigenvalue weighted by Crippen LogP contribution is -2.21. The van der Waals surface area contributed by atoms with Gasteiger partial charge in [-0.2, -0.15) is 4.40 Å². The molecule has 0 heterocycles. The third kappa shape index (κ3) is 2.46. The zero-order chi connectivity index (χ0) is 12.6. The molecule has 0 saturated heterocycles. The molecule has 0 aromatic heterocycles. The predicted molar refractivity (Wildman–Crippen MR) is 69.2 cm³/mol. The highest BCUT2D eigenvalue weighted by atomic mass is 32.2. The van der Waals surface area contributed by atoms with E-state index in [0.29, 0.717) is 17.7 Å². The second kappa shape index (κ2) is 4.33. The van der Waals surface area contributed by atoms with Crippen LogP contribution in [0.1, 0.15) is 38.3 Å². The summed E-state index contributed by atoms with van der Waals surface area (Å²) in [6.07, 6.45) is 1.46. The van der Waals surface area contributed by atoms with Crippen LogP contribution < -0.4 is 0 Å². The van der Waals surface area contributed by atoms with Gasteiger partial charge in [0.25, 0.3) is 0 Å². The molecule has 1 aliphatic rings. The second-order valence-corrected chi connectivity index (χ2v) is 7.08. The van der Waals surface area contributed by atoms with Gasteiger partial charge in [0.1, 0.15) is 16.8 Å². The summed E-state index contributed by atoms with van der Waals surface area (Å²) >= 11 is 0. The van der Waals surface area contributed by atoms with E-state index in [4.69, 9.17) is 0 Å². The van der Waals surface area contributed by atoms with E-state index in [0.717, 1.165) is 12.0 Å². The van der Waals surface area contributed by atoms with Gasteiger partial charge >= 0.3 is 0 Å². The van der Waals surface area contributed by atoms with Crippen molar-refractivity contribution in [3.05, 3.63) is 35.1 Å². The Morgan fingerprint density at radius 2 is 2.00 bits per heavy atom. The topological polar surface area (TPSA) is 29.4 Å². The average molecular weight is 253 g/mol. The lowest BCUT2D eigenvalue weighted by atomic mass is 10.1. The number of nitrogens with zero attached hydrogens (tertiary/aromatic N) is 1. The number of halogens is 1. The first-order valence-corrected chi connectivity index (χ1v) is 6.77. The second-order valence-electron chi connectivity index (χ2n) is 5.17. The SMILES string of the molecule is CC(C)(C)S(=O)/N=C1\CCc2cccc(F)c21. The standard InChI is InChI=1S/C13H16FNOS/c1-13(2,3)17(16)15-11-8-7-9-5-4-6-10(14)12(9)11/h4-6H,7-8H2,1-3H3/b15-11+. The van der Waals surface area contributed by atoms with Crippen LogP contribution in [-0.4, -0.2) is 14.7 Å². The minimum absolute atomic E-state index is 0.260. The van der Waals surface area contributed by atoms with E-state index < -0.39 is 15.7 Å². The summed E-state index contributed by atoms with van der Waals surface area (Å²) in [6, 6.07) is 5.04. The van der Waals surface area contributed by atoms with Crippen molar-refractivity contribution in [3.63, 3.8) is 0 Å². The van der Waals surface area contributed by atoms with Gasteiger partial charge in [0.15, 0.2) is 0 Å². The van der Waals surface area contributed by atoms with E-state index in [9.17, 15) is 8.60 Å². The normalized spacial score (nSPS) is 19.4. The molecule has 0 radical (unpaired) electrons. The Bertz CT molecular complexity index is 503. The summed E-state index contributed by atoms with van der Waals surface area (Å²) in [5.74, 6) is -0.260. The molecule has 2 nitrogen and oxygen atoms in total. The smallest absolute Gasteiger partial charge is 0.145 e. The largest absolute Gasteiger partial charge is 0.234 e. The molecule has 1 aromatic rings. The maximum absolute atomic E-state index is 13.7. The maximum atomic E-state index is 13.7. The summed E-state index contributed by atoms with van der Waals surface area (Å²) in [4.78, 5) is 0. The molecule has 0 bridgehead atoms. The fraction of sp³-hybridized carbons (Fsp3) is 0.462. The molecular formula is C13H16FNOS. The van der Waals surface area contributed by atoms with Crippen LogP contribution in [0.4, 0.5) is 4.39 Å². The number of rotatable bonds is 1. The molecule has 1 unspecified atom stereocenters. The van der Waals surface area contributed by atoms with Gasteiger partial charge in [-0.1, -0.05) is 12.1 Å². The van der Waals surface area contributed by atoms with Gasteiger partial charge in [0.2, 0.25) is 0 Å². The van der Waals surface area contributed by atoms with Crippen LogP contribution in [0.3, 0.4) is 0 Å². The Morgan fingerprint density at radius 1 is 1.29 bits per heavy atom. The van der Waals surface area contributed by atoms with Crippen LogP contribution in [0.5, 0.6) is 0 Å². The van der Waals surface area contributed by atoms with Gasteiger partial charge in [-0.25, -0.2) is 8.60 Å². The number of benzene rings is 1. The van der Waals surface area contributed by atoms with Crippen molar-refractivity contribution in [3.8, 4) is 0 Å². The van der Waals surface area contributed by atoms with Crippen molar-refractivity contribution in [2.45, 2.75) is 38.4 Å². The van der Waals surface area contributed by atoms with Crippen molar-refractivity contribution in [2.75, 3.05) is 0 Å². The summed E-state index contributed by atoms with van der Waals surface area (Å²) in [5, 5.41) is 0. The predicted octanol–water partition coefficient (Wildman–Crippen LogP) is 3.02. The van der Waals surface area contributed by atoms with Gasteiger partial charge in [-0.05, 0) is 45.2 Å². The molecule has 0 aliphatic heterocycles. The van der Waals surface area contributed by atoms with Gasteiger partial charge in [-0.3, -0.25) is 0 Å². The van der Waals surface area contributed by atoms with Gasteiger partial charge in [0.05, 0.1) is 10.5 Å². The van der Waals surface area contributed by atoms with E-state index in [2.05, 4.69) is 4.40 Å². The minimum atomic E-state index is -1.32. The maximum Gasteiger partial charge on any atom is 0.145 e. The van der Waals surface area contributed by atoms with Crippen LogP contribution in [0.25, 0.3) is 0 Å². The number of hydrogen-bond acceptors (Lipinski definition) is 1. The first-order chi connectivity index (χ1) is 7.89. The van der Waals surface area contributed by atoms with Crippen LogP contribution >= 0.6 is 0 Å². The molecule has 0 N–H and O–H groups in total. The molecule has 0 saturated carbocycles. The van der Waals surface area contributed by atoms with Crippen LogP contribution in [0.15, 0.2) is 22.6 Å². The first-order valence-electron chi connectivity index (χ1n) is 5.67. The van der Waals surface area contributed by atoms with E-state index in [1.54, 1.807) is 6.07 Å². The fourth-order valence-electron chi connectivity index (χ4n) is 1.81. The fourth-order valence-corrected chi connectivity index (χ4v) is 2.46. The van der Waals surface area contributed by atoms with Crippen molar-refractivity contribution in [2.24, 2.45) is 4.40 Å². The Hall–Kier alpha value is -1.03. The van der Waals surface area contributed by atoms with Crippen molar-refractivity contribution in [1.29, 1.82) is 0 Å². The Labute approximate surface area is 104 Å². The molecule has 17 heavy (non-hydrogen) atoms. The third-order valence-corrected chi connectivity index (χ3v) is 4.17. The van der Waals surface area contributed by atoms with Crippen LogP contribution in [-0.2, 0) is 17.4 Å². The number of fused-ring (bicyclic) bond motifs is 1. The summed E-state index contributed by atoms with van der Waals surface area (Å²) in [7, 11) is -1.32. The van der Waals surface area contributed by atoms with Crippen LogP contribution in [0, 0.1) is 5.82 Å². The Kier molecular flexibility index (Phi) is 3.17. The molecule has 1 atom stereocenters. The summed E-state index contributed by atoms with van der Waals surface area (Å²) in [5.41, 5.74) is 2.17. The molecule has 0 fully saturated rings. The average Bonchev–Trinajstić information content (AvgIpc) is 2.61. The summed E-state index contributed by atoms with van der Waals surface area (Å²) in [6.45, 7) is 5.60. The number of aryl methyl sites for hydroxylation is 1. The highest BCUT2D eigenvalue weighted by Crippen LogP contribution is 2.26. The zero-order valence-corrected chi connectivity index (χ0v) is 11.1. The van der Waals surface area contributed by atoms with E-state index >= 15 is 0 Å². The molecule has 0 spiro atoms. The molecule has 1 aliphatic carbocycles. The number of hydrogen-bond donors (Lipinski definition) is 0. The van der Waals surface area contributed by atoms with Crippen LogP contribution in [0.2, 0.25) is 0 Å². The highest BCUT2D eigenvalue weighted by Gasteiger charge is 2.25. The molecule has 92 valence electrons. The quantitative estimate of drug-likeness (QED) is 0.756. The third-order valence-electron chi connectivity index (χ3n) is 2.74. The van der Waals surface area contributed by atoms with Gasteiger partial charge in [-0.15, -0.1) is 0 Å². The van der Waals surface area contributed by atoms with E-state index in [-0.39, 0.29) is 5.82 Å². The Balaban J connectivity index is 2.41. The first kappa shape index (κ1) is 12.4. The molecular weight excluding hydrogens is 237 g/mol. The van der Waals surface area contributed by atoms with Crippen molar-refractivity contribution >= 4 is 16.7 Å². The van der Waals surface area contributed by atoms with E-state index in [1.807, 2.05) is 26.8 Å². The highest BCUT2D eigenvalue weighted by molar-refractivity contribution is 7.85. The molecule has 2 rings (SSSR count). The van der Waals surface area contributed by atoms with Gasteiger partial charge in [0, 0.05) is 5.56 Å². The molecule has 1 aromatic carbocycles. The minimum Gasteiger partial charge on any atom is -0.234 e. The van der Waals surface area contributed by atoms with Crippen molar-refractivity contribution < 1.29 is 8.60 Å². The molecule has 0 amide bonds.